The van der Waals surface area contributed by atoms with Gasteiger partial charge in [0.05, 0.1) is 5.39 Å². The largest absolute Gasteiger partial charge is 0.383 e. The number of hydrogen-bond acceptors (Lipinski definition) is 5. The van der Waals surface area contributed by atoms with Gasteiger partial charge in [0, 0.05) is 17.0 Å². The van der Waals surface area contributed by atoms with Crippen molar-refractivity contribution in [2.75, 3.05) is 18.8 Å². The van der Waals surface area contributed by atoms with E-state index in [1.165, 1.54) is 30.8 Å². The Kier molecular flexibility index (Phi) is 3.91. The number of anilines is 1. The highest BCUT2D eigenvalue weighted by Crippen LogP contribution is 2.31. The van der Waals surface area contributed by atoms with Crippen LogP contribution in [0.1, 0.15) is 36.9 Å². The van der Waals surface area contributed by atoms with Crippen LogP contribution in [0.4, 0.5) is 5.82 Å². The van der Waals surface area contributed by atoms with Crippen LogP contribution in [-0.2, 0) is 6.54 Å². The Morgan fingerprint density at radius 1 is 1.30 bits per heavy atom. The lowest BCUT2D eigenvalue weighted by molar-refractivity contribution is 0.187. The van der Waals surface area contributed by atoms with E-state index in [0.29, 0.717) is 5.82 Å². The summed E-state index contributed by atoms with van der Waals surface area (Å²) in [7, 11) is 0. The number of likely N-dealkylation sites (tertiary alicyclic amines) is 1. The quantitative estimate of drug-likeness (QED) is 0.931. The monoisotopic (exact) mass is 326 g/mol. The van der Waals surface area contributed by atoms with Gasteiger partial charge in [-0.1, -0.05) is 25.2 Å². The van der Waals surface area contributed by atoms with Crippen LogP contribution in [0, 0.1) is 5.92 Å². The van der Waals surface area contributed by atoms with Crippen LogP contribution in [0.5, 0.6) is 0 Å². The van der Waals surface area contributed by atoms with Gasteiger partial charge < -0.3 is 5.73 Å². The zero-order valence-electron chi connectivity index (χ0n) is 13.5. The molecule has 0 aromatic carbocycles. The summed E-state index contributed by atoms with van der Waals surface area (Å²) in [5.41, 5.74) is 7.34. The normalized spacial score (nSPS) is 19.6. The fourth-order valence-corrected chi connectivity index (χ4v) is 4.35. The second-order valence-electron chi connectivity index (χ2n) is 6.65. The predicted octanol–water partition coefficient (Wildman–Crippen LogP) is 3.85. The summed E-state index contributed by atoms with van der Waals surface area (Å²) in [6.07, 6.45) is 9.75. The van der Waals surface area contributed by atoms with E-state index in [4.69, 9.17) is 10.7 Å². The van der Waals surface area contributed by atoms with Gasteiger partial charge in [-0.3, -0.25) is 4.90 Å². The molecule has 5 heteroatoms. The summed E-state index contributed by atoms with van der Waals surface area (Å²) in [4.78, 5) is 14.1. The molecule has 120 valence electrons. The average molecular weight is 326 g/mol. The number of hydrogen-bond donors (Lipinski definition) is 1. The molecule has 2 N–H and O–H groups in total. The smallest absolute Gasteiger partial charge is 0.159 e. The zero-order valence-corrected chi connectivity index (χ0v) is 14.3. The number of aromatic nitrogens is 2. The Hall–Kier alpha value is -1.72. The molecule has 4 rings (SSSR count). The first kappa shape index (κ1) is 14.8. The van der Waals surface area contributed by atoms with Crippen molar-refractivity contribution in [3.8, 4) is 0 Å². The Morgan fingerprint density at radius 3 is 2.87 bits per heavy atom. The first-order valence-corrected chi connectivity index (χ1v) is 9.15. The highest BCUT2D eigenvalue weighted by Gasteiger charge is 2.18. The average Bonchev–Trinajstić information content (AvgIpc) is 3.19. The SMILES string of the molecule is CC1CCN(Cc2cc3c(N)nc(C4=CC=CC4)nc3s2)CC1. The van der Waals surface area contributed by atoms with E-state index in [-0.39, 0.29) is 0 Å². The molecule has 1 saturated heterocycles. The Morgan fingerprint density at radius 2 is 2.13 bits per heavy atom. The van der Waals surface area contributed by atoms with E-state index < -0.39 is 0 Å². The molecule has 2 aromatic rings. The minimum atomic E-state index is 0.604. The van der Waals surface area contributed by atoms with Gasteiger partial charge in [0.15, 0.2) is 5.82 Å². The molecular weight excluding hydrogens is 304 g/mol. The number of nitrogen functional groups attached to an aromatic ring is 1. The number of fused-ring (bicyclic) bond motifs is 1. The van der Waals surface area contributed by atoms with Gasteiger partial charge in [-0.05, 0) is 44.3 Å². The maximum absolute atomic E-state index is 6.18. The topological polar surface area (TPSA) is 55.0 Å². The Bertz CT molecular complexity index is 782. The van der Waals surface area contributed by atoms with Crippen molar-refractivity contribution in [3.05, 3.63) is 35.0 Å². The van der Waals surface area contributed by atoms with Crippen LogP contribution in [0.2, 0.25) is 0 Å². The molecule has 0 bridgehead atoms. The molecule has 3 heterocycles. The highest BCUT2D eigenvalue weighted by molar-refractivity contribution is 7.18. The van der Waals surface area contributed by atoms with E-state index in [2.05, 4.69) is 41.1 Å². The van der Waals surface area contributed by atoms with Crippen molar-refractivity contribution >= 4 is 32.9 Å². The number of thiophene rings is 1. The summed E-state index contributed by atoms with van der Waals surface area (Å²) < 4.78 is 0. The van der Waals surface area contributed by atoms with Crippen molar-refractivity contribution in [2.24, 2.45) is 5.92 Å². The van der Waals surface area contributed by atoms with Gasteiger partial charge in [-0.2, -0.15) is 0 Å². The van der Waals surface area contributed by atoms with E-state index in [1.807, 2.05) is 0 Å². The lowest BCUT2D eigenvalue weighted by Crippen LogP contribution is -2.32. The molecule has 0 radical (unpaired) electrons. The molecular formula is C18H22N4S. The van der Waals surface area contributed by atoms with Crippen molar-refractivity contribution in [1.29, 1.82) is 0 Å². The summed E-state index contributed by atoms with van der Waals surface area (Å²) in [6.45, 7) is 5.74. The summed E-state index contributed by atoms with van der Waals surface area (Å²) in [5.74, 6) is 2.25. The highest BCUT2D eigenvalue weighted by atomic mass is 32.1. The first-order valence-electron chi connectivity index (χ1n) is 8.33. The molecule has 0 atom stereocenters. The molecule has 0 unspecified atom stereocenters. The molecule has 0 spiro atoms. The minimum Gasteiger partial charge on any atom is -0.383 e. The van der Waals surface area contributed by atoms with Crippen LogP contribution >= 0.6 is 11.3 Å². The van der Waals surface area contributed by atoms with Gasteiger partial charge in [-0.15, -0.1) is 11.3 Å². The molecule has 4 nitrogen and oxygen atoms in total. The van der Waals surface area contributed by atoms with Gasteiger partial charge in [0.25, 0.3) is 0 Å². The number of nitrogens with zero attached hydrogens (tertiary/aromatic N) is 3. The second-order valence-corrected chi connectivity index (χ2v) is 7.76. The fourth-order valence-electron chi connectivity index (χ4n) is 3.27. The number of allylic oxidation sites excluding steroid dienone is 4. The second kappa shape index (κ2) is 6.06. The third-order valence-electron chi connectivity index (χ3n) is 4.79. The lowest BCUT2D eigenvalue weighted by atomic mass is 9.99. The molecule has 2 aromatic heterocycles. The molecule has 1 aliphatic carbocycles. The molecule has 2 aliphatic rings. The number of nitrogens with two attached hydrogens (primary N) is 1. The van der Waals surface area contributed by atoms with Crippen molar-refractivity contribution in [3.63, 3.8) is 0 Å². The van der Waals surface area contributed by atoms with Crippen LogP contribution in [0.25, 0.3) is 15.8 Å². The standard InChI is InChI=1S/C18H22N4S/c1-12-6-8-22(9-7-12)11-14-10-15-16(19)20-17(21-18(15)23-14)13-4-2-3-5-13/h2-4,10,12H,5-9,11H2,1H3,(H2,19,20,21). The number of rotatable bonds is 3. The maximum atomic E-state index is 6.18. The van der Waals surface area contributed by atoms with Crippen molar-refractivity contribution in [1.82, 2.24) is 14.9 Å². The van der Waals surface area contributed by atoms with Gasteiger partial charge >= 0.3 is 0 Å². The molecule has 1 fully saturated rings. The number of piperidine rings is 1. The zero-order chi connectivity index (χ0) is 15.8. The molecule has 1 aliphatic heterocycles. The lowest BCUT2D eigenvalue weighted by Gasteiger charge is -2.29. The third kappa shape index (κ3) is 3.03. The molecule has 0 saturated carbocycles. The minimum absolute atomic E-state index is 0.604. The first-order chi connectivity index (χ1) is 11.2. The Labute approximate surface area is 140 Å². The summed E-state index contributed by atoms with van der Waals surface area (Å²) in [6, 6.07) is 2.18. The molecule has 23 heavy (non-hydrogen) atoms. The van der Waals surface area contributed by atoms with Gasteiger partial charge in [-0.25, -0.2) is 9.97 Å². The van der Waals surface area contributed by atoms with Crippen LogP contribution in [0.3, 0.4) is 0 Å². The van der Waals surface area contributed by atoms with E-state index in [9.17, 15) is 0 Å². The summed E-state index contributed by atoms with van der Waals surface area (Å²) >= 11 is 1.76. The van der Waals surface area contributed by atoms with Crippen molar-refractivity contribution in [2.45, 2.75) is 32.7 Å². The third-order valence-corrected chi connectivity index (χ3v) is 5.80. The van der Waals surface area contributed by atoms with Crippen LogP contribution < -0.4 is 5.73 Å². The van der Waals surface area contributed by atoms with Crippen molar-refractivity contribution < 1.29 is 0 Å². The van der Waals surface area contributed by atoms with E-state index >= 15 is 0 Å². The summed E-state index contributed by atoms with van der Waals surface area (Å²) in [5, 5.41) is 1.01. The van der Waals surface area contributed by atoms with E-state index in [0.717, 1.165) is 40.5 Å². The maximum Gasteiger partial charge on any atom is 0.159 e. The van der Waals surface area contributed by atoms with E-state index in [1.54, 1.807) is 11.3 Å². The van der Waals surface area contributed by atoms with Crippen LogP contribution in [0.15, 0.2) is 24.3 Å². The molecule has 0 amide bonds. The fraction of sp³-hybridized carbons (Fsp3) is 0.444. The van der Waals surface area contributed by atoms with Gasteiger partial charge in [0.2, 0.25) is 0 Å². The predicted molar refractivity (Wildman–Crippen MR) is 97.2 cm³/mol. The Balaban J connectivity index is 1.59. The van der Waals surface area contributed by atoms with Crippen LogP contribution in [-0.4, -0.2) is 28.0 Å². The van der Waals surface area contributed by atoms with Gasteiger partial charge in [0.1, 0.15) is 10.6 Å².